The van der Waals surface area contributed by atoms with Gasteiger partial charge in [-0.1, -0.05) is 6.07 Å². The van der Waals surface area contributed by atoms with Crippen LogP contribution in [0.3, 0.4) is 0 Å². The molecule has 1 amide bonds. The maximum atomic E-state index is 13.2. The predicted octanol–water partition coefficient (Wildman–Crippen LogP) is 2.87. The third-order valence-corrected chi connectivity index (χ3v) is 4.75. The zero-order chi connectivity index (χ0) is 20.8. The smallest absolute Gasteiger partial charge is 0.355 e. The molecule has 2 rings (SSSR count). The van der Waals surface area contributed by atoms with Gasteiger partial charge >= 0.3 is 5.97 Å². The number of aromatic nitrogens is 2. The Bertz CT molecular complexity index is 858. The molecule has 1 N–H and O–H groups in total. The van der Waals surface area contributed by atoms with Crippen LogP contribution in [0.15, 0.2) is 24.4 Å². The number of hydrogen-bond acceptors (Lipinski definition) is 5. The Morgan fingerprint density at radius 1 is 1.25 bits per heavy atom. The van der Waals surface area contributed by atoms with Crippen molar-refractivity contribution in [3.8, 4) is 0 Å². The minimum Gasteiger partial charge on any atom is -0.461 e. The lowest BCUT2D eigenvalue weighted by Crippen LogP contribution is -2.43. The SMILES string of the molecule is CCOC(=O)c1[nH]c(C)c(C(=O)[C@H](C)N(CCc2ccccn2)C(C)=O)c1C. The van der Waals surface area contributed by atoms with E-state index in [1.54, 1.807) is 33.9 Å². The summed E-state index contributed by atoms with van der Waals surface area (Å²) in [6.45, 7) is 8.96. The Morgan fingerprint density at radius 2 is 1.96 bits per heavy atom. The highest BCUT2D eigenvalue weighted by molar-refractivity contribution is 6.06. The van der Waals surface area contributed by atoms with Crippen LogP contribution in [0.2, 0.25) is 0 Å². The molecule has 28 heavy (non-hydrogen) atoms. The molecule has 0 aliphatic carbocycles. The summed E-state index contributed by atoms with van der Waals surface area (Å²) >= 11 is 0. The van der Waals surface area contributed by atoms with Gasteiger partial charge < -0.3 is 14.6 Å². The van der Waals surface area contributed by atoms with Crippen LogP contribution in [0.25, 0.3) is 0 Å². The molecule has 1 atom stereocenters. The van der Waals surface area contributed by atoms with Gasteiger partial charge in [-0.25, -0.2) is 4.79 Å². The van der Waals surface area contributed by atoms with E-state index < -0.39 is 12.0 Å². The van der Waals surface area contributed by atoms with Gasteiger partial charge in [0.15, 0.2) is 5.78 Å². The standard InChI is InChI=1S/C21H27N3O4/c1-6-28-21(27)19-13(2)18(14(3)23-19)20(26)15(4)24(16(5)25)12-10-17-9-7-8-11-22-17/h7-9,11,15,23H,6,10,12H2,1-5H3/t15-/m0/s1. The van der Waals surface area contributed by atoms with Gasteiger partial charge in [0.05, 0.1) is 12.6 Å². The third kappa shape index (κ3) is 4.65. The zero-order valence-electron chi connectivity index (χ0n) is 17.0. The van der Waals surface area contributed by atoms with Crippen LogP contribution in [0.1, 0.15) is 58.6 Å². The van der Waals surface area contributed by atoms with E-state index in [-0.39, 0.29) is 24.0 Å². The number of nitrogens with zero attached hydrogens (tertiary/aromatic N) is 2. The third-order valence-electron chi connectivity index (χ3n) is 4.75. The second-order valence-corrected chi connectivity index (χ2v) is 6.67. The van der Waals surface area contributed by atoms with Crippen molar-refractivity contribution in [3.63, 3.8) is 0 Å². The van der Waals surface area contributed by atoms with Gasteiger partial charge in [-0.2, -0.15) is 0 Å². The number of rotatable bonds is 8. The lowest BCUT2D eigenvalue weighted by molar-refractivity contribution is -0.130. The van der Waals surface area contributed by atoms with Gasteiger partial charge in [-0.3, -0.25) is 14.6 Å². The van der Waals surface area contributed by atoms with E-state index in [0.29, 0.717) is 29.8 Å². The Hall–Kier alpha value is -2.96. The van der Waals surface area contributed by atoms with Gasteiger partial charge in [-0.15, -0.1) is 0 Å². The average Bonchev–Trinajstić information content (AvgIpc) is 2.96. The molecule has 2 aromatic heterocycles. The number of aryl methyl sites for hydroxylation is 1. The van der Waals surface area contributed by atoms with Crippen LogP contribution < -0.4 is 0 Å². The number of nitrogens with one attached hydrogen (secondary N) is 1. The lowest BCUT2D eigenvalue weighted by atomic mass is 9.99. The summed E-state index contributed by atoms with van der Waals surface area (Å²) in [5.74, 6) is -0.889. The molecule has 7 heteroatoms. The fourth-order valence-corrected chi connectivity index (χ4v) is 3.28. The molecule has 0 spiro atoms. The van der Waals surface area contributed by atoms with Crippen molar-refractivity contribution < 1.29 is 19.1 Å². The van der Waals surface area contributed by atoms with Gasteiger partial charge in [0.25, 0.3) is 0 Å². The number of esters is 1. The van der Waals surface area contributed by atoms with E-state index in [4.69, 9.17) is 4.74 Å². The number of carbonyl (C=O) groups is 3. The summed E-state index contributed by atoms with van der Waals surface area (Å²) in [6.07, 6.45) is 2.25. The van der Waals surface area contributed by atoms with Crippen LogP contribution >= 0.6 is 0 Å². The number of hydrogen-bond donors (Lipinski definition) is 1. The van der Waals surface area contributed by atoms with E-state index in [1.807, 2.05) is 18.2 Å². The normalized spacial score (nSPS) is 11.8. The number of Topliss-reactive ketones (excluding diaryl/α,β-unsaturated/α-hetero) is 1. The van der Waals surface area contributed by atoms with E-state index in [0.717, 1.165) is 5.69 Å². The Kier molecular flexibility index (Phi) is 7.09. The van der Waals surface area contributed by atoms with E-state index in [1.165, 1.54) is 11.8 Å². The van der Waals surface area contributed by atoms with Gasteiger partial charge in [-0.05, 0) is 45.4 Å². The number of amides is 1. The summed E-state index contributed by atoms with van der Waals surface area (Å²) in [5, 5.41) is 0. The number of aromatic amines is 1. The molecule has 150 valence electrons. The average molecular weight is 385 g/mol. The minimum atomic E-state index is -0.663. The first-order valence-corrected chi connectivity index (χ1v) is 9.35. The summed E-state index contributed by atoms with van der Waals surface area (Å²) in [5.41, 5.74) is 2.69. The fraction of sp³-hybridized carbons (Fsp3) is 0.429. The highest BCUT2D eigenvalue weighted by atomic mass is 16.5. The summed E-state index contributed by atoms with van der Waals surface area (Å²) in [4.78, 5) is 46.2. The van der Waals surface area contributed by atoms with Crippen LogP contribution in [0.5, 0.6) is 0 Å². The first-order chi connectivity index (χ1) is 13.3. The fourth-order valence-electron chi connectivity index (χ4n) is 3.28. The van der Waals surface area contributed by atoms with Gasteiger partial charge in [0.1, 0.15) is 5.69 Å². The van der Waals surface area contributed by atoms with Crippen LogP contribution in [0.4, 0.5) is 0 Å². The maximum Gasteiger partial charge on any atom is 0.355 e. The van der Waals surface area contributed by atoms with Crippen molar-refractivity contribution >= 4 is 17.7 Å². The van der Waals surface area contributed by atoms with Crippen molar-refractivity contribution in [1.82, 2.24) is 14.9 Å². The number of carbonyl (C=O) groups excluding carboxylic acids is 3. The van der Waals surface area contributed by atoms with Crippen LogP contribution in [0, 0.1) is 13.8 Å². The van der Waals surface area contributed by atoms with Crippen molar-refractivity contribution in [2.45, 2.75) is 47.1 Å². The van der Waals surface area contributed by atoms with Gasteiger partial charge in [0.2, 0.25) is 5.91 Å². The summed E-state index contributed by atoms with van der Waals surface area (Å²) in [6, 6.07) is 4.94. The highest BCUT2D eigenvalue weighted by Gasteiger charge is 2.30. The molecule has 0 aromatic carbocycles. The van der Waals surface area contributed by atoms with Crippen molar-refractivity contribution in [3.05, 3.63) is 52.6 Å². The Labute approximate surface area is 165 Å². The Morgan fingerprint density at radius 3 is 2.54 bits per heavy atom. The van der Waals surface area contributed by atoms with E-state index in [9.17, 15) is 14.4 Å². The maximum absolute atomic E-state index is 13.2. The molecule has 0 aliphatic heterocycles. The summed E-state index contributed by atoms with van der Waals surface area (Å²) in [7, 11) is 0. The second-order valence-electron chi connectivity index (χ2n) is 6.67. The summed E-state index contributed by atoms with van der Waals surface area (Å²) < 4.78 is 5.04. The van der Waals surface area contributed by atoms with Crippen LogP contribution in [-0.2, 0) is 16.0 Å². The first kappa shape index (κ1) is 21.3. The number of H-pyrrole nitrogens is 1. The molecule has 7 nitrogen and oxygen atoms in total. The molecular weight excluding hydrogens is 358 g/mol. The molecule has 0 saturated heterocycles. The molecule has 0 unspecified atom stereocenters. The Balaban J connectivity index is 2.23. The number of pyridine rings is 1. The second kappa shape index (κ2) is 9.30. The van der Waals surface area contributed by atoms with E-state index in [2.05, 4.69) is 9.97 Å². The monoisotopic (exact) mass is 385 g/mol. The number of ketones is 1. The first-order valence-electron chi connectivity index (χ1n) is 9.35. The van der Waals surface area contributed by atoms with Crippen LogP contribution in [-0.4, -0.2) is 51.7 Å². The molecule has 2 aromatic rings. The molecule has 0 radical (unpaired) electrons. The zero-order valence-corrected chi connectivity index (χ0v) is 17.0. The topological polar surface area (TPSA) is 92.4 Å². The van der Waals surface area contributed by atoms with Crippen molar-refractivity contribution in [2.24, 2.45) is 0 Å². The quantitative estimate of drug-likeness (QED) is 0.557. The molecular formula is C21H27N3O4. The molecule has 0 aliphatic rings. The largest absolute Gasteiger partial charge is 0.461 e. The highest BCUT2D eigenvalue weighted by Crippen LogP contribution is 2.22. The minimum absolute atomic E-state index is 0.187. The van der Waals surface area contributed by atoms with E-state index >= 15 is 0 Å². The van der Waals surface area contributed by atoms with Gasteiger partial charge in [0, 0.05) is 43.0 Å². The van der Waals surface area contributed by atoms with Crippen molar-refractivity contribution in [2.75, 3.05) is 13.2 Å². The predicted molar refractivity (Wildman–Crippen MR) is 105 cm³/mol. The number of ether oxygens (including phenoxy) is 1. The molecule has 0 saturated carbocycles. The molecule has 2 heterocycles. The molecule has 0 fully saturated rings. The lowest BCUT2D eigenvalue weighted by Gasteiger charge is -2.27. The molecule has 0 bridgehead atoms. The van der Waals surface area contributed by atoms with Crippen molar-refractivity contribution in [1.29, 1.82) is 0 Å².